The molecule has 0 aliphatic heterocycles. The molecule has 0 radical (unpaired) electrons. The van der Waals surface area contributed by atoms with Gasteiger partial charge in [0.15, 0.2) is 0 Å². The number of rotatable bonds is 7. The van der Waals surface area contributed by atoms with Crippen molar-refractivity contribution in [3.8, 4) is 17.2 Å². The van der Waals surface area contributed by atoms with Crippen molar-refractivity contribution in [1.82, 2.24) is 0 Å². The zero-order chi connectivity index (χ0) is 20.6. The Morgan fingerprint density at radius 2 is 1.66 bits per heavy atom. The van der Waals surface area contributed by atoms with Gasteiger partial charge < -0.3 is 19.9 Å². The lowest BCUT2D eigenvalue weighted by atomic mass is 10.1. The van der Waals surface area contributed by atoms with Crippen LogP contribution >= 0.6 is 0 Å². The van der Waals surface area contributed by atoms with E-state index in [-0.39, 0.29) is 11.3 Å². The zero-order valence-electron chi connectivity index (χ0n) is 15.7. The predicted octanol–water partition coefficient (Wildman–Crippen LogP) is 4.84. The van der Waals surface area contributed by atoms with Crippen LogP contribution in [0, 0.1) is 0 Å². The molecule has 0 heterocycles. The Labute approximate surface area is 168 Å². The highest BCUT2D eigenvalue weighted by Gasteiger charge is 2.13. The van der Waals surface area contributed by atoms with Crippen LogP contribution in [0.15, 0.2) is 78.9 Å². The number of carbonyl (C=O) groups excluding carboxylic acids is 1. The molecule has 0 unspecified atom stereocenters. The van der Waals surface area contributed by atoms with Crippen molar-refractivity contribution in [1.29, 1.82) is 0 Å². The fourth-order valence-electron chi connectivity index (χ4n) is 2.59. The Morgan fingerprint density at radius 1 is 0.897 bits per heavy atom. The van der Waals surface area contributed by atoms with Gasteiger partial charge in [-0.2, -0.15) is 0 Å². The maximum Gasteiger partial charge on any atom is 0.337 e. The summed E-state index contributed by atoms with van der Waals surface area (Å²) in [5, 5.41) is 12.0. The van der Waals surface area contributed by atoms with Crippen LogP contribution in [0.25, 0.3) is 6.08 Å². The topological polar surface area (TPSA) is 84.9 Å². The van der Waals surface area contributed by atoms with Crippen LogP contribution in [0.5, 0.6) is 17.2 Å². The molecule has 2 N–H and O–H groups in total. The van der Waals surface area contributed by atoms with E-state index in [4.69, 9.17) is 9.47 Å². The lowest BCUT2D eigenvalue weighted by Crippen LogP contribution is -2.12. The number of benzene rings is 3. The van der Waals surface area contributed by atoms with E-state index in [1.807, 2.05) is 30.3 Å². The lowest BCUT2D eigenvalue weighted by Gasteiger charge is -2.11. The first-order chi connectivity index (χ1) is 14.0. The largest absolute Gasteiger partial charge is 0.497 e. The maximum atomic E-state index is 12.3. The van der Waals surface area contributed by atoms with E-state index < -0.39 is 11.9 Å². The van der Waals surface area contributed by atoms with Gasteiger partial charge in [-0.15, -0.1) is 0 Å². The Bertz CT molecular complexity index is 1040. The summed E-state index contributed by atoms with van der Waals surface area (Å²) in [6, 6.07) is 20.7. The molecule has 0 atom stereocenters. The number of hydrogen-bond donors (Lipinski definition) is 2. The van der Waals surface area contributed by atoms with E-state index in [1.165, 1.54) is 24.3 Å². The van der Waals surface area contributed by atoms with E-state index in [9.17, 15) is 14.7 Å². The number of carbonyl (C=O) groups is 2. The Kier molecular flexibility index (Phi) is 6.27. The molecule has 0 aliphatic rings. The van der Waals surface area contributed by atoms with Gasteiger partial charge in [-0.05, 0) is 48.0 Å². The lowest BCUT2D eigenvalue weighted by molar-refractivity contribution is -0.111. The van der Waals surface area contributed by atoms with Gasteiger partial charge >= 0.3 is 5.97 Å². The van der Waals surface area contributed by atoms with Crippen molar-refractivity contribution in [3.63, 3.8) is 0 Å². The minimum absolute atomic E-state index is 0.0338. The number of nitrogens with one attached hydrogen (secondary N) is 1. The minimum Gasteiger partial charge on any atom is -0.497 e. The normalized spacial score (nSPS) is 10.5. The van der Waals surface area contributed by atoms with E-state index in [0.717, 1.165) is 5.56 Å². The van der Waals surface area contributed by atoms with Gasteiger partial charge in [0.05, 0.1) is 18.4 Å². The van der Waals surface area contributed by atoms with Gasteiger partial charge in [0, 0.05) is 12.1 Å². The van der Waals surface area contributed by atoms with Gasteiger partial charge in [-0.25, -0.2) is 4.79 Å². The van der Waals surface area contributed by atoms with Crippen molar-refractivity contribution in [2.45, 2.75) is 0 Å². The SMILES string of the molecule is COc1cccc(C=CC(=O)Nc2cc(Oc3ccccc3)ccc2C(=O)O)c1. The number of para-hydroxylation sites is 1. The first-order valence-corrected chi connectivity index (χ1v) is 8.78. The summed E-state index contributed by atoms with van der Waals surface area (Å²) in [5.41, 5.74) is 0.888. The van der Waals surface area contributed by atoms with Gasteiger partial charge in [0.1, 0.15) is 17.2 Å². The third-order valence-electron chi connectivity index (χ3n) is 3.98. The third-order valence-corrected chi connectivity index (χ3v) is 3.98. The summed E-state index contributed by atoms with van der Waals surface area (Å²) in [5.74, 6) is 0.0704. The fraction of sp³-hybridized carbons (Fsp3) is 0.0435. The quantitative estimate of drug-likeness (QED) is 0.565. The predicted molar refractivity (Wildman–Crippen MR) is 111 cm³/mol. The van der Waals surface area contributed by atoms with Gasteiger partial charge in [-0.1, -0.05) is 30.3 Å². The number of carboxylic acid groups (broad SMARTS) is 1. The van der Waals surface area contributed by atoms with Crippen molar-refractivity contribution < 1.29 is 24.2 Å². The molecular weight excluding hydrogens is 370 g/mol. The van der Waals surface area contributed by atoms with Crippen LogP contribution < -0.4 is 14.8 Å². The summed E-state index contributed by atoms with van der Waals surface area (Å²) in [6.07, 6.45) is 2.94. The fourth-order valence-corrected chi connectivity index (χ4v) is 2.59. The van der Waals surface area contributed by atoms with Crippen LogP contribution in [0.3, 0.4) is 0 Å². The second kappa shape index (κ2) is 9.23. The summed E-state index contributed by atoms with van der Waals surface area (Å²) in [4.78, 5) is 23.8. The third kappa shape index (κ3) is 5.46. The maximum absolute atomic E-state index is 12.3. The molecule has 0 aliphatic carbocycles. The molecule has 6 heteroatoms. The first-order valence-electron chi connectivity index (χ1n) is 8.78. The molecule has 0 bridgehead atoms. The van der Waals surface area contributed by atoms with Crippen LogP contribution in [-0.2, 0) is 4.79 Å². The van der Waals surface area contributed by atoms with Crippen LogP contribution in [0.1, 0.15) is 15.9 Å². The molecule has 3 rings (SSSR count). The summed E-state index contributed by atoms with van der Waals surface area (Å²) >= 11 is 0. The number of methoxy groups -OCH3 is 1. The average Bonchev–Trinajstić information content (AvgIpc) is 2.73. The number of anilines is 1. The highest BCUT2D eigenvalue weighted by molar-refractivity contribution is 6.06. The van der Waals surface area contributed by atoms with Crippen LogP contribution in [0.2, 0.25) is 0 Å². The van der Waals surface area contributed by atoms with Crippen LogP contribution in [-0.4, -0.2) is 24.1 Å². The molecule has 3 aromatic rings. The molecule has 0 aromatic heterocycles. The number of aromatic carboxylic acids is 1. The number of hydrogen-bond acceptors (Lipinski definition) is 4. The molecule has 0 fully saturated rings. The van der Waals surface area contributed by atoms with Gasteiger partial charge in [-0.3, -0.25) is 4.79 Å². The summed E-state index contributed by atoms with van der Waals surface area (Å²) in [7, 11) is 1.56. The van der Waals surface area contributed by atoms with Crippen molar-refractivity contribution in [2.24, 2.45) is 0 Å². The Balaban J connectivity index is 1.78. The molecule has 0 spiro atoms. The molecule has 3 aromatic carbocycles. The monoisotopic (exact) mass is 389 g/mol. The van der Waals surface area contributed by atoms with E-state index >= 15 is 0 Å². The Morgan fingerprint density at radius 3 is 2.38 bits per heavy atom. The van der Waals surface area contributed by atoms with Crippen molar-refractivity contribution >= 4 is 23.6 Å². The zero-order valence-corrected chi connectivity index (χ0v) is 15.7. The van der Waals surface area contributed by atoms with E-state index in [0.29, 0.717) is 17.2 Å². The van der Waals surface area contributed by atoms with Crippen molar-refractivity contribution in [3.05, 3.63) is 90.0 Å². The summed E-state index contributed by atoms with van der Waals surface area (Å²) < 4.78 is 10.9. The standard InChI is InChI=1S/C23H19NO5/c1-28-18-9-5-6-16(14-18)10-13-22(25)24-21-15-19(11-12-20(21)23(26)27)29-17-7-3-2-4-8-17/h2-15H,1H3,(H,24,25)(H,26,27). The number of amides is 1. The average molecular weight is 389 g/mol. The number of carboxylic acids is 1. The molecule has 6 nitrogen and oxygen atoms in total. The molecule has 29 heavy (non-hydrogen) atoms. The number of ether oxygens (including phenoxy) is 2. The van der Waals surface area contributed by atoms with Gasteiger partial charge in [0.25, 0.3) is 0 Å². The molecular formula is C23H19NO5. The minimum atomic E-state index is -1.15. The van der Waals surface area contributed by atoms with E-state index in [2.05, 4.69) is 5.32 Å². The first kappa shape index (κ1) is 19.7. The Hall–Kier alpha value is -4.06. The molecule has 146 valence electrons. The van der Waals surface area contributed by atoms with E-state index in [1.54, 1.807) is 37.5 Å². The molecule has 0 saturated heterocycles. The van der Waals surface area contributed by atoms with Crippen molar-refractivity contribution in [2.75, 3.05) is 12.4 Å². The molecule has 1 amide bonds. The highest BCUT2D eigenvalue weighted by Crippen LogP contribution is 2.27. The smallest absolute Gasteiger partial charge is 0.337 e. The molecule has 0 saturated carbocycles. The highest BCUT2D eigenvalue weighted by atomic mass is 16.5. The van der Waals surface area contributed by atoms with Gasteiger partial charge in [0.2, 0.25) is 5.91 Å². The summed E-state index contributed by atoms with van der Waals surface area (Å²) in [6.45, 7) is 0. The second-order valence-corrected chi connectivity index (χ2v) is 6.03. The van der Waals surface area contributed by atoms with Crippen LogP contribution in [0.4, 0.5) is 5.69 Å². The second-order valence-electron chi connectivity index (χ2n) is 6.03.